The predicted octanol–water partition coefficient (Wildman–Crippen LogP) is 1.33. The van der Waals surface area contributed by atoms with Crippen LogP contribution in [-0.2, 0) is 4.84 Å². The normalized spacial score (nSPS) is 9.93. The first-order valence-corrected chi connectivity index (χ1v) is 4.18. The van der Waals surface area contributed by atoms with Crippen molar-refractivity contribution in [2.75, 3.05) is 14.2 Å². The van der Waals surface area contributed by atoms with Gasteiger partial charge in [0.05, 0.1) is 7.11 Å². The van der Waals surface area contributed by atoms with E-state index in [-0.39, 0.29) is 11.7 Å². The highest BCUT2D eigenvalue weighted by Gasteiger charge is 2.15. The SMILES string of the molecule is CON(C)C(=O)c1cccc(O)c1C. The number of amides is 1. The zero-order valence-corrected chi connectivity index (χ0v) is 8.44. The van der Waals surface area contributed by atoms with Crippen LogP contribution in [0.3, 0.4) is 0 Å². The summed E-state index contributed by atoms with van der Waals surface area (Å²) in [6.45, 7) is 1.69. The molecule has 0 heterocycles. The molecule has 1 aromatic carbocycles. The van der Waals surface area contributed by atoms with Gasteiger partial charge in [0.25, 0.3) is 5.91 Å². The molecule has 0 saturated carbocycles. The molecule has 1 aromatic rings. The minimum atomic E-state index is -0.277. The largest absolute Gasteiger partial charge is 0.508 e. The van der Waals surface area contributed by atoms with E-state index in [4.69, 9.17) is 4.84 Å². The molecule has 4 nitrogen and oxygen atoms in total. The van der Waals surface area contributed by atoms with E-state index >= 15 is 0 Å². The van der Waals surface area contributed by atoms with Gasteiger partial charge < -0.3 is 5.11 Å². The summed E-state index contributed by atoms with van der Waals surface area (Å²) in [4.78, 5) is 16.4. The number of benzene rings is 1. The second-order valence-electron chi connectivity index (χ2n) is 2.93. The van der Waals surface area contributed by atoms with Crippen molar-refractivity contribution in [3.05, 3.63) is 29.3 Å². The maximum absolute atomic E-state index is 11.6. The standard InChI is InChI=1S/C10H13NO3/c1-7-8(5-4-6-9(7)12)10(13)11(2)14-3/h4-6,12H,1-3H3. The Kier molecular flexibility index (Phi) is 3.09. The van der Waals surface area contributed by atoms with Crippen molar-refractivity contribution in [2.24, 2.45) is 0 Å². The van der Waals surface area contributed by atoms with Gasteiger partial charge in [0.2, 0.25) is 0 Å². The number of hydrogen-bond acceptors (Lipinski definition) is 3. The maximum Gasteiger partial charge on any atom is 0.277 e. The van der Waals surface area contributed by atoms with E-state index in [1.54, 1.807) is 25.1 Å². The van der Waals surface area contributed by atoms with E-state index in [0.717, 1.165) is 5.06 Å². The number of rotatable bonds is 2. The third-order valence-electron chi connectivity index (χ3n) is 2.10. The third kappa shape index (κ3) is 1.85. The Balaban J connectivity index is 3.07. The first-order valence-electron chi connectivity index (χ1n) is 4.18. The Labute approximate surface area is 82.7 Å². The highest BCUT2D eigenvalue weighted by atomic mass is 16.7. The lowest BCUT2D eigenvalue weighted by Gasteiger charge is -2.15. The van der Waals surface area contributed by atoms with Crippen LogP contribution in [0.25, 0.3) is 0 Å². The topological polar surface area (TPSA) is 49.8 Å². The van der Waals surface area contributed by atoms with Crippen LogP contribution in [0.1, 0.15) is 15.9 Å². The summed E-state index contributed by atoms with van der Waals surface area (Å²) in [5.41, 5.74) is 0.996. The van der Waals surface area contributed by atoms with Gasteiger partial charge in [0.15, 0.2) is 0 Å². The average Bonchev–Trinajstić information content (AvgIpc) is 2.20. The summed E-state index contributed by atoms with van der Waals surface area (Å²) in [6.07, 6.45) is 0. The monoisotopic (exact) mass is 195 g/mol. The summed E-state index contributed by atoms with van der Waals surface area (Å²) in [6, 6.07) is 4.81. The molecule has 0 aliphatic rings. The van der Waals surface area contributed by atoms with E-state index in [0.29, 0.717) is 11.1 Å². The Hall–Kier alpha value is -1.55. The van der Waals surface area contributed by atoms with Crippen LogP contribution in [-0.4, -0.2) is 30.2 Å². The quantitative estimate of drug-likeness (QED) is 0.724. The fraction of sp³-hybridized carbons (Fsp3) is 0.300. The maximum atomic E-state index is 11.6. The number of carbonyl (C=O) groups excluding carboxylic acids is 1. The van der Waals surface area contributed by atoms with Crippen LogP contribution in [0.4, 0.5) is 0 Å². The first-order chi connectivity index (χ1) is 6.57. The fourth-order valence-electron chi connectivity index (χ4n) is 1.11. The van der Waals surface area contributed by atoms with Gasteiger partial charge in [-0.3, -0.25) is 9.63 Å². The Morgan fingerprint density at radius 1 is 1.50 bits per heavy atom. The molecule has 1 rings (SSSR count). The average molecular weight is 195 g/mol. The van der Waals surface area contributed by atoms with Crippen LogP contribution in [0.5, 0.6) is 5.75 Å². The van der Waals surface area contributed by atoms with Crippen molar-refractivity contribution < 1.29 is 14.7 Å². The van der Waals surface area contributed by atoms with Crippen LogP contribution >= 0.6 is 0 Å². The minimum Gasteiger partial charge on any atom is -0.508 e. The van der Waals surface area contributed by atoms with Gasteiger partial charge in [-0.2, -0.15) is 0 Å². The summed E-state index contributed by atoms with van der Waals surface area (Å²) < 4.78 is 0. The molecule has 0 unspecified atom stereocenters. The fourth-order valence-corrected chi connectivity index (χ4v) is 1.11. The lowest BCUT2D eigenvalue weighted by Crippen LogP contribution is -2.25. The van der Waals surface area contributed by atoms with Crippen LogP contribution in [0.2, 0.25) is 0 Å². The molecule has 14 heavy (non-hydrogen) atoms. The minimum absolute atomic E-state index is 0.111. The molecule has 4 heteroatoms. The molecule has 0 aromatic heterocycles. The molecule has 0 radical (unpaired) electrons. The van der Waals surface area contributed by atoms with Gasteiger partial charge in [0, 0.05) is 18.2 Å². The number of nitrogens with zero attached hydrogens (tertiary/aromatic N) is 1. The van der Waals surface area contributed by atoms with E-state index in [1.807, 2.05) is 0 Å². The smallest absolute Gasteiger partial charge is 0.277 e. The van der Waals surface area contributed by atoms with Gasteiger partial charge in [-0.15, -0.1) is 0 Å². The highest BCUT2D eigenvalue weighted by molar-refractivity contribution is 5.95. The molecule has 0 aliphatic carbocycles. The van der Waals surface area contributed by atoms with Crippen molar-refractivity contribution in [3.63, 3.8) is 0 Å². The van der Waals surface area contributed by atoms with Crippen molar-refractivity contribution >= 4 is 5.91 Å². The van der Waals surface area contributed by atoms with Crippen molar-refractivity contribution in [3.8, 4) is 5.75 Å². The lowest BCUT2D eigenvalue weighted by atomic mass is 10.1. The highest BCUT2D eigenvalue weighted by Crippen LogP contribution is 2.20. The first kappa shape index (κ1) is 10.5. The van der Waals surface area contributed by atoms with Gasteiger partial charge in [-0.25, -0.2) is 5.06 Å². The van der Waals surface area contributed by atoms with Crippen LogP contribution < -0.4 is 0 Å². The molecule has 0 fully saturated rings. The molecule has 0 atom stereocenters. The second-order valence-corrected chi connectivity index (χ2v) is 2.93. The molecular weight excluding hydrogens is 182 g/mol. The van der Waals surface area contributed by atoms with Gasteiger partial charge in [0.1, 0.15) is 5.75 Å². The van der Waals surface area contributed by atoms with E-state index in [9.17, 15) is 9.90 Å². The van der Waals surface area contributed by atoms with Crippen molar-refractivity contribution in [2.45, 2.75) is 6.92 Å². The number of phenols is 1. The summed E-state index contributed by atoms with van der Waals surface area (Å²) in [7, 11) is 2.93. The number of hydroxylamine groups is 2. The van der Waals surface area contributed by atoms with Crippen LogP contribution in [0, 0.1) is 6.92 Å². The van der Waals surface area contributed by atoms with E-state index < -0.39 is 0 Å². The summed E-state index contributed by atoms with van der Waals surface area (Å²) in [5.74, 6) is -0.166. The Morgan fingerprint density at radius 3 is 2.71 bits per heavy atom. The van der Waals surface area contributed by atoms with Crippen molar-refractivity contribution in [1.29, 1.82) is 0 Å². The Morgan fingerprint density at radius 2 is 2.14 bits per heavy atom. The van der Waals surface area contributed by atoms with Gasteiger partial charge in [-0.1, -0.05) is 6.07 Å². The van der Waals surface area contributed by atoms with E-state index in [2.05, 4.69) is 0 Å². The molecular formula is C10H13NO3. The second kappa shape index (κ2) is 4.11. The molecule has 76 valence electrons. The predicted molar refractivity (Wildman–Crippen MR) is 51.9 cm³/mol. The van der Waals surface area contributed by atoms with Gasteiger partial charge in [-0.05, 0) is 19.1 Å². The third-order valence-corrected chi connectivity index (χ3v) is 2.10. The summed E-state index contributed by atoms with van der Waals surface area (Å²) >= 11 is 0. The number of hydrogen-bond donors (Lipinski definition) is 1. The molecule has 0 saturated heterocycles. The zero-order valence-electron chi connectivity index (χ0n) is 8.44. The number of phenolic OH excluding ortho intramolecular Hbond substituents is 1. The molecule has 0 spiro atoms. The Bertz CT molecular complexity index is 349. The zero-order chi connectivity index (χ0) is 10.7. The molecule has 1 N–H and O–H groups in total. The van der Waals surface area contributed by atoms with Gasteiger partial charge >= 0.3 is 0 Å². The number of carbonyl (C=O) groups is 1. The van der Waals surface area contributed by atoms with Crippen molar-refractivity contribution in [1.82, 2.24) is 5.06 Å². The summed E-state index contributed by atoms with van der Waals surface area (Å²) in [5, 5.41) is 10.5. The molecule has 0 bridgehead atoms. The molecule has 1 amide bonds. The number of aromatic hydroxyl groups is 1. The van der Waals surface area contributed by atoms with Crippen LogP contribution in [0.15, 0.2) is 18.2 Å². The van der Waals surface area contributed by atoms with E-state index in [1.165, 1.54) is 14.2 Å². The lowest BCUT2D eigenvalue weighted by molar-refractivity contribution is -0.0757. The molecule has 0 aliphatic heterocycles.